The highest BCUT2D eigenvalue weighted by atomic mass is 16.5. The summed E-state index contributed by atoms with van der Waals surface area (Å²) in [6, 6.07) is 22.1. The Morgan fingerprint density at radius 2 is 1.65 bits per heavy atom. The average molecular weight is 541 g/mol. The summed E-state index contributed by atoms with van der Waals surface area (Å²) in [7, 11) is 4.73. The van der Waals surface area contributed by atoms with Crippen LogP contribution in [0.5, 0.6) is 17.2 Å². The van der Waals surface area contributed by atoms with Crippen molar-refractivity contribution in [2.24, 2.45) is 5.92 Å². The molecule has 40 heavy (non-hydrogen) atoms. The van der Waals surface area contributed by atoms with Gasteiger partial charge in [-0.2, -0.15) is 0 Å². The van der Waals surface area contributed by atoms with E-state index in [4.69, 9.17) is 19.2 Å². The van der Waals surface area contributed by atoms with E-state index in [0.29, 0.717) is 46.9 Å². The van der Waals surface area contributed by atoms with Crippen molar-refractivity contribution in [3.05, 3.63) is 84.6 Å². The minimum Gasteiger partial charge on any atom is -0.497 e. The Balaban J connectivity index is 1.42. The number of nitrogens with zero attached hydrogens (tertiary/aromatic N) is 3. The van der Waals surface area contributed by atoms with Crippen molar-refractivity contribution >= 4 is 17.8 Å². The fourth-order valence-electron chi connectivity index (χ4n) is 4.47. The molecule has 9 heteroatoms. The lowest BCUT2D eigenvalue weighted by molar-refractivity contribution is -0.117. The van der Waals surface area contributed by atoms with Crippen molar-refractivity contribution in [2.75, 3.05) is 39.7 Å². The zero-order valence-electron chi connectivity index (χ0n) is 22.8. The van der Waals surface area contributed by atoms with Crippen LogP contribution in [0.15, 0.2) is 79.0 Å². The summed E-state index contributed by atoms with van der Waals surface area (Å²) in [6.45, 7) is 0.429. The van der Waals surface area contributed by atoms with Gasteiger partial charge in [-0.1, -0.05) is 30.3 Å². The van der Waals surface area contributed by atoms with Gasteiger partial charge in [0.1, 0.15) is 12.3 Å². The third kappa shape index (κ3) is 6.09. The molecule has 9 nitrogen and oxygen atoms in total. The highest BCUT2D eigenvalue weighted by Crippen LogP contribution is 2.32. The van der Waals surface area contributed by atoms with Gasteiger partial charge in [-0.25, -0.2) is 4.98 Å². The summed E-state index contributed by atoms with van der Waals surface area (Å²) in [5, 5.41) is 2.94. The Kier molecular flexibility index (Phi) is 8.00. The SMILES string of the molecule is COc1ccc(C(=O)N(CC(=O)Nc2nc(-c3ccccc3)cn2-c2ccc(OC)c(OC)c2)CC2CC2)cc1. The first-order valence-corrected chi connectivity index (χ1v) is 13.1. The van der Waals surface area contributed by atoms with Gasteiger partial charge in [0.25, 0.3) is 5.91 Å². The number of anilines is 1. The third-order valence-electron chi connectivity index (χ3n) is 6.81. The Bertz CT molecular complexity index is 1480. The zero-order valence-corrected chi connectivity index (χ0v) is 22.8. The number of aromatic nitrogens is 2. The van der Waals surface area contributed by atoms with Gasteiger partial charge in [0.15, 0.2) is 11.5 Å². The largest absolute Gasteiger partial charge is 0.497 e. The average Bonchev–Trinajstić information content (AvgIpc) is 3.72. The van der Waals surface area contributed by atoms with Crippen LogP contribution in [0.3, 0.4) is 0 Å². The van der Waals surface area contributed by atoms with Crippen LogP contribution in [0.2, 0.25) is 0 Å². The molecule has 1 saturated carbocycles. The van der Waals surface area contributed by atoms with Gasteiger partial charge in [-0.05, 0) is 55.2 Å². The maximum Gasteiger partial charge on any atom is 0.254 e. The molecule has 1 aromatic heterocycles. The van der Waals surface area contributed by atoms with E-state index in [9.17, 15) is 9.59 Å². The molecule has 1 aliphatic rings. The second-order valence-electron chi connectivity index (χ2n) is 9.63. The molecular weight excluding hydrogens is 508 g/mol. The molecule has 3 aromatic carbocycles. The Morgan fingerprint density at radius 1 is 0.925 bits per heavy atom. The first-order valence-electron chi connectivity index (χ1n) is 13.1. The highest BCUT2D eigenvalue weighted by molar-refractivity contribution is 5.99. The highest BCUT2D eigenvalue weighted by Gasteiger charge is 2.29. The van der Waals surface area contributed by atoms with Crippen LogP contribution in [-0.2, 0) is 4.79 Å². The first-order chi connectivity index (χ1) is 19.5. The number of carbonyl (C=O) groups is 2. The van der Waals surface area contributed by atoms with Gasteiger partial charge in [0.05, 0.1) is 32.7 Å². The molecule has 0 aliphatic heterocycles. The predicted octanol–water partition coefficient (Wildman–Crippen LogP) is 5.06. The van der Waals surface area contributed by atoms with Gasteiger partial charge >= 0.3 is 0 Å². The molecule has 206 valence electrons. The van der Waals surface area contributed by atoms with Crippen LogP contribution in [-0.4, -0.2) is 60.7 Å². The second-order valence-corrected chi connectivity index (χ2v) is 9.63. The van der Waals surface area contributed by atoms with Gasteiger partial charge in [-0.3, -0.25) is 19.5 Å². The van der Waals surface area contributed by atoms with Gasteiger partial charge in [0, 0.05) is 29.9 Å². The monoisotopic (exact) mass is 540 g/mol. The molecule has 1 heterocycles. The van der Waals surface area contributed by atoms with Crippen LogP contribution in [0.25, 0.3) is 16.9 Å². The molecule has 0 saturated heterocycles. The van der Waals surface area contributed by atoms with Gasteiger partial charge in [-0.15, -0.1) is 0 Å². The fraction of sp³-hybridized carbons (Fsp3) is 0.258. The van der Waals surface area contributed by atoms with E-state index in [1.807, 2.05) is 48.7 Å². The molecule has 4 aromatic rings. The van der Waals surface area contributed by atoms with Crippen LogP contribution < -0.4 is 19.5 Å². The van der Waals surface area contributed by atoms with Crippen molar-refractivity contribution in [1.29, 1.82) is 0 Å². The number of imidazole rings is 1. The molecule has 0 radical (unpaired) electrons. The number of benzene rings is 3. The summed E-state index contributed by atoms with van der Waals surface area (Å²) in [5.41, 5.74) is 2.83. The van der Waals surface area contributed by atoms with Crippen molar-refractivity contribution in [3.63, 3.8) is 0 Å². The smallest absolute Gasteiger partial charge is 0.254 e. The normalized spacial score (nSPS) is 12.5. The van der Waals surface area contributed by atoms with E-state index < -0.39 is 0 Å². The Labute approximate surface area is 233 Å². The van der Waals surface area contributed by atoms with Crippen molar-refractivity contribution in [2.45, 2.75) is 12.8 Å². The van der Waals surface area contributed by atoms with Crippen LogP contribution in [0.4, 0.5) is 5.95 Å². The number of hydrogen-bond donors (Lipinski definition) is 1. The van der Waals surface area contributed by atoms with Crippen LogP contribution in [0, 0.1) is 5.92 Å². The first kappa shape index (κ1) is 26.8. The number of methoxy groups -OCH3 is 3. The number of rotatable bonds is 11. The number of carbonyl (C=O) groups excluding carboxylic acids is 2. The van der Waals surface area contributed by atoms with Crippen LogP contribution >= 0.6 is 0 Å². The minimum atomic E-state index is -0.338. The topological polar surface area (TPSA) is 94.9 Å². The molecule has 2 amide bonds. The van der Waals surface area contributed by atoms with E-state index in [1.54, 1.807) is 61.1 Å². The molecule has 0 atom stereocenters. The van der Waals surface area contributed by atoms with Gasteiger partial charge < -0.3 is 19.1 Å². The molecule has 5 rings (SSSR count). The summed E-state index contributed by atoms with van der Waals surface area (Å²) in [5.74, 6) is 2.01. The van der Waals surface area contributed by atoms with Crippen LogP contribution in [0.1, 0.15) is 23.2 Å². The van der Waals surface area contributed by atoms with E-state index in [0.717, 1.165) is 24.1 Å². The lowest BCUT2D eigenvalue weighted by atomic mass is 10.2. The van der Waals surface area contributed by atoms with Gasteiger partial charge in [0.2, 0.25) is 11.9 Å². The molecule has 0 spiro atoms. The van der Waals surface area contributed by atoms with Crippen molar-refractivity contribution < 1.29 is 23.8 Å². The predicted molar refractivity (Wildman–Crippen MR) is 152 cm³/mol. The van der Waals surface area contributed by atoms with E-state index >= 15 is 0 Å². The number of hydrogen-bond acceptors (Lipinski definition) is 6. The standard InChI is InChI=1S/C31H32N4O5/c1-38-25-14-11-23(12-15-25)30(37)34(18-21-9-10-21)20-29(36)33-31-32-26(22-7-5-4-6-8-22)19-35(31)24-13-16-27(39-2)28(17-24)40-3/h4-8,11-17,19,21H,9-10,18,20H2,1-3H3,(H,32,33,36). The lowest BCUT2D eigenvalue weighted by Gasteiger charge is -2.22. The van der Waals surface area contributed by atoms with E-state index in [2.05, 4.69) is 5.32 Å². The minimum absolute atomic E-state index is 0.0964. The summed E-state index contributed by atoms with van der Waals surface area (Å²) >= 11 is 0. The molecule has 1 fully saturated rings. The zero-order chi connectivity index (χ0) is 28.1. The van der Waals surface area contributed by atoms with E-state index in [1.165, 1.54) is 0 Å². The van der Waals surface area contributed by atoms with Crippen molar-refractivity contribution in [1.82, 2.24) is 14.5 Å². The number of nitrogens with one attached hydrogen (secondary N) is 1. The molecule has 0 bridgehead atoms. The Morgan fingerprint density at radius 3 is 2.30 bits per heavy atom. The number of amides is 2. The second kappa shape index (κ2) is 11.9. The lowest BCUT2D eigenvalue weighted by Crippen LogP contribution is -2.39. The van der Waals surface area contributed by atoms with Crippen molar-refractivity contribution in [3.8, 4) is 34.2 Å². The third-order valence-corrected chi connectivity index (χ3v) is 6.81. The number of ether oxygens (including phenoxy) is 3. The summed E-state index contributed by atoms with van der Waals surface area (Å²) in [4.78, 5) is 33.1. The quantitative estimate of drug-likeness (QED) is 0.286. The fourth-order valence-corrected chi connectivity index (χ4v) is 4.47. The van der Waals surface area contributed by atoms with E-state index in [-0.39, 0.29) is 18.4 Å². The maximum absolute atomic E-state index is 13.4. The molecule has 1 aliphatic carbocycles. The molecule has 1 N–H and O–H groups in total. The summed E-state index contributed by atoms with van der Waals surface area (Å²) < 4.78 is 17.9. The molecular formula is C31H32N4O5. The Hall–Kier alpha value is -4.79. The molecule has 0 unspecified atom stereocenters. The maximum atomic E-state index is 13.4. The summed E-state index contributed by atoms with van der Waals surface area (Å²) in [6.07, 6.45) is 3.97.